The second kappa shape index (κ2) is 9.89. The zero-order valence-electron chi connectivity index (χ0n) is 15.9. The summed E-state index contributed by atoms with van der Waals surface area (Å²) in [5.74, 6) is 1.28. The van der Waals surface area contributed by atoms with Crippen LogP contribution < -0.4 is 14.9 Å². The Balaban J connectivity index is 1.68. The molecule has 0 aliphatic carbocycles. The van der Waals surface area contributed by atoms with E-state index in [0.717, 1.165) is 11.1 Å². The molecule has 0 unspecified atom stereocenters. The largest absolute Gasteiger partial charge is 0.490 e. The third kappa shape index (κ3) is 5.80. The van der Waals surface area contributed by atoms with Gasteiger partial charge in [-0.15, -0.1) is 0 Å². The van der Waals surface area contributed by atoms with Crippen LogP contribution >= 0.6 is 0 Å². The van der Waals surface area contributed by atoms with Gasteiger partial charge in [-0.2, -0.15) is 5.10 Å². The fraction of sp³-hybridized carbons (Fsp3) is 0.136. The summed E-state index contributed by atoms with van der Waals surface area (Å²) in [5, 5.41) is 15.0. The van der Waals surface area contributed by atoms with Crippen LogP contribution in [0.1, 0.15) is 18.1 Å². The molecule has 0 aliphatic heterocycles. The van der Waals surface area contributed by atoms with Gasteiger partial charge in [-0.1, -0.05) is 36.4 Å². The number of hydrogen-bond donors (Lipinski definition) is 1. The van der Waals surface area contributed by atoms with Gasteiger partial charge >= 0.3 is 0 Å². The predicted octanol–water partition coefficient (Wildman–Crippen LogP) is 5.02. The summed E-state index contributed by atoms with van der Waals surface area (Å²) in [4.78, 5) is 10.4. The summed E-state index contributed by atoms with van der Waals surface area (Å²) in [6.07, 6.45) is 1.61. The lowest BCUT2D eigenvalue weighted by Crippen LogP contribution is -2.00. The molecule has 0 aromatic heterocycles. The lowest BCUT2D eigenvalue weighted by molar-refractivity contribution is -0.384. The Morgan fingerprint density at radius 3 is 2.59 bits per heavy atom. The summed E-state index contributed by atoms with van der Waals surface area (Å²) in [6, 6.07) is 21.6. The minimum absolute atomic E-state index is 0.00347. The van der Waals surface area contributed by atoms with Crippen LogP contribution in [0.5, 0.6) is 11.5 Å². The van der Waals surface area contributed by atoms with Crippen molar-refractivity contribution >= 4 is 17.6 Å². The van der Waals surface area contributed by atoms with Crippen molar-refractivity contribution in [1.29, 1.82) is 0 Å². The van der Waals surface area contributed by atoms with Gasteiger partial charge in [0.2, 0.25) is 0 Å². The Hall–Kier alpha value is -3.87. The first-order chi connectivity index (χ1) is 14.2. The van der Waals surface area contributed by atoms with Crippen molar-refractivity contribution in [3.63, 3.8) is 0 Å². The lowest BCUT2D eigenvalue weighted by Gasteiger charge is -2.12. The van der Waals surface area contributed by atoms with Gasteiger partial charge in [0.05, 0.1) is 23.4 Å². The first-order valence-electron chi connectivity index (χ1n) is 9.13. The van der Waals surface area contributed by atoms with Crippen LogP contribution in [-0.2, 0) is 6.61 Å². The molecule has 3 aromatic rings. The van der Waals surface area contributed by atoms with Crippen molar-refractivity contribution < 1.29 is 14.4 Å². The Morgan fingerprint density at radius 2 is 1.83 bits per heavy atom. The molecule has 0 radical (unpaired) electrons. The van der Waals surface area contributed by atoms with E-state index in [4.69, 9.17) is 9.47 Å². The maximum Gasteiger partial charge on any atom is 0.271 e. The van der Waals surface area contributed by atoms with Gasteiger partial charge < -0.3 is 9.47 Å². The van der Waals surface area contributed by atoms with Crippen molar-refractivity contribution in [2.75, 3.05) is 12.0 Å². The van der Waals surface area contributed by atoms with E-state index < -0.39 is 4.92 Å². The van der Waals surface area contributed by atoms with Crippen LogP contribution in [0.25, 0.3) is 0 Å². The Morgan fingerprint density at radius 1 is 1.00 bits per heavy atom. The third-order valence-electron chi connectivity index (χ3n) is 3.97. The number of nitrogens with zero attached hydrogens (tertiary/aromatic N) is 2. The quantitative estimate of drug-likeness (QED) is 0.314. The van der Waals surface area contributed by atoms with E-state index in [1.54, 1.807) is 18.3 Å². The van der Waals surface area contributed by atoms with E-state index in [9.17, 15) is 10.1 Å². The summed E-state index contributed by atoms with van der Waals surface area (Å²) >= 11 is 0. The molecule has 0 bridgehead atoms. The molecule has 0 fully saturated rings. The van der Waals surface area contributed by atoms with Crippen LogP contribution in [0.3, 0.4) is 0 Å². The van der Waals surface area contributed by atoms with E-state index in [1.807, 2.05) is 55.5 Å². The molecule has 0 amide bonds. The Kier molecular flexibility index (Phi) is 6.78. The molecule has 148 valence electrons. The molecule has 0 saturated heterocycles. The van der Waals surface area contributed by atoms with Gasteiger partial charge in [-0.3, -0.25) is 15.5 Å². The second-order valence-electron chi connectivity index (χ2n) is 6.09. The fourth-order valence-corrected chi connectivity index (χ4v) is 2.60. The average molecular weight is 391 g/mol. The minimum atomic E-state index is -0.447. The molecule has 1 N–H and O–H groups in total. The zero-order chi connectivity index (χ0) is 20.5. The number of benzene rings is 3. The molecular formula is C22H21N3O4. The van der Waals surface area contributed by atoms with Crippen molar-refractivity contribution in [3.8, 4) is 11.5 Å². The van der Waals surface area contributed by atoms with Crippen molar-refractivity contribution in [1.82, 2.24) is 0 Å². The van der Waals surface area contributed by atoms with Crippen molar-refractivity contribution in [3.05, 3.63) is 94.0 Å². The highest BCUT2D eigenvalue weighted by Gasteiger charge is 2.07. The number of ether oxygens (including phenoxy) is 2. The average Bonchev–Trinajstić information content (AvgIpc) is 2.74. The van der Waals surface area contributed by atoms with Crippen LogP contribution in [0.15, 0.2) is 77.9 Å². The first kappa shape index (κ1) is 19.9. The molecule has 0 spiro atoms. The van der Waals surface area contributed by atoms with E-state index in [1.165, 1.54) is 12.1 Å². The summed E-state index contributed by atoms with van der Waals surface area (Å²) in [6.45, 7) is 2.86. The number of hydrogen-bond acceptors (Lipinski definition) is 6. The highest BCUT2D eigenvalue weighted by Crippen LogP contribution is 2.29. The smallest absolute Gasteiger partial charge is 0.271 e. The van der Waals surface area contributed by atoms with E-state index >= 15 is 0 Å². The summed E-state index contributed by atoms with van der Waals surface area (Å²) in [5.41, 5.74) is 5.20. The standard InChI is InChI=1S/C22H21N3O4/c1-2-28-22-13-18(11-12-21(22)29-16-17-7-4-3-5-8-17)15-23-24-19-9-6-10-20(14-19)25(26)27/h3-15,24H,2,16H2,1H3. The molecule has 0 atom stereocenters. The first-order valence-corrected chi connectivity index (χ1v) is 9.13. The van der Waals surface area contributed by atoms with E-state index in [2.05, 4.69) is 10.5 Å². The Labute approximate surface area is 168 Å². The van der Waals surface area contributed by atoms with E-state index in [0.29, 0.717) is 30.4 Å². The molecular weight excluding hydrogens is 370 g/mol. The fourth-order valence-electron chi connectivity index (χ4n) is 2.60. The molecule has 7 heteroatoms. The van der Waals surface area contributed by atoms with Gasteiger partial charge in [-0.05, 0) is 42.3 Å². The Bertz CT molecular complexity index is 990. The zero-order valence-corrected chi connectivity index (χ0v) is 15.9. The lowest BCUT2D eigenvalue weighted by atomic mass is 10.2. The number of hydrazone groups is 1. The maximum absolute atomic E-state index is 10.8. The molecule has 0 saturated carbocycles. The molecule has 29 heavy (non-hydrogen) atoms. The van der Waals surface area contributed by atoms with Crippen LogP contribution in [0, 0.1) is 10.1 Å². The van der Waals surface area contributed by atoms with E-state index in [-0.39, 0.29) is 5.69 Å². The van der Waals surface area contributed by atoms with Crippen LogP contribution in [-0.4, -0.2) is 17.7 Å². The molecule has 3 aromatic carbocycles. The summed E-state index contributed by atoms with van der Waals surface area (Å²) < 4.78 is 11.6. The van der Waals surface area contributed by atoms with Crippen molar-refractivity contribution in [2.45, 2.75) is 13.5 Å². The highest BCUT2D eigenvalue weighted by atomic mass is 16.6. The normalized spacial score (nSPS) is 10.7. The second-order valence-corrected chi connectivity index (χ2v) is 6.09. The number of anilines is 1. The van der Waals surface area contributed by atoms with Crippen molar-refractivity contribution in [2.24, 2.45) is 5.10 Å². The van der Waals surface area contributed by atoms with Crippen LogP contribution in [0.2, 0.25) is 0 Å². The summed E-state index contributed by atoms with van der Waals surface area (Å²) in [7, 11) is 0. The van der Waals surface area contributed by atoms with Crippen LogP contribution in [0.4, 0.5) is 11.4 Å². The molecule has 7 nitrogen and oxygen atoms in total. The SMILES string of the molecule is CCOc1cc(C=NNc2cccc([N+](=O)[O-])c2)ccc1OCc1ccccc1. The molecule has 0 aliphatic rings. The maximum atomic E-state index is 10.8. The highest BCUT2D eigenvalue weighted by molar-refractivity contribution is 5.81. The van der Waals surface area contributed by atoms with Gasteiger partial charge in [0.15, 0.2) is 11.5 Å². The molecule has 0 heterocycles. The number of nitro groups is 1. The number of rotatable bonds is 9. The van der Waals surface area contributed by atoms with Gasteiger partial charge in [0.1, 0.15) is 6.61 Å². The number of nitro benzene ring substituents is 1. The monoisotopic (exact) mass is 391 g/mol. The predicted molar refractivity (Wildman–Crippen MR) is 113 cm³/mol. The minimum Gasteiger partial charge on any atom is -0.490 e. The van der Waals surface area contributed by atoms with Gasteiger partial charge in [-0.25, -0.2) is 0 Å². The topological polar surface area (TPSA) is 86.0 Å². The van der Waals surface area contributed by atoms with Gasteiger partial charge in [0, 0.05) is 12.1 Å². The van der Waals surface area contributed by atoms with Gasteiger partial charge in [0.25, 0.3) is 5.69 Å². The number of nitrogens with one attached hydrogen (secondary N) is 1. The number of non-ortho nitro benzene ring substituents is 1. The molecule has 3 rings (SSSR count). The third-order valence-corrected chi connectivity index (χ3v) is 3.97.